The minimum Gasteiger partial charge on any atom is -0.453 e. The summed E-state index contributed by atoms with van der Waals surface area (Å²) >= 11 is 1.88. The Morgan fingerprint density at radius 2 is 0.932 bits per heavy atom. The van der Waals surface area contributed by atoms with Crippen molar-refractivity contribution < 1.29 is 4.42 Å². The zero-order chi connectivity index (χ0) is 38.9. The summed E-state index contributed by atoms with van der Waals surface area (Å²) in [6.07, 6.45) is 0. The first-order valence-corrected chi connectivity index (χ1v) is 20.9. The van der Waals surface area contributed by atoms with Gasteiger partial charge in [0.05, 0.1) is 5.69 Å². The van der Waals surface area contributed by atoms with Crippen LogP contribution in [0.5, 0.6) is 0 Å². The minimum atomic E-state index is 0.857. The number of thiophene rings is 1. The van der Waals surface area contributed by atoms with Crippen LogP contribution in [0, 0.1) is 0 Å². The summed E-state index contributed by atoms with van der Waals surface area (Å²) in [4.78, 5) is 2.35. The van der Waals surface area contributed by atoms with Crippen LogP contribution in [0.4, 0.5) is 17.1 Å². The Hall–Kier alpha value is -7.46. The molecule has 0 radical (unpaired) electrons. The molecule has 0 bridgehead atoms. The van der Waals surface area contributed by atoms with E-state index in [1.807, 2.05) is 11.3 Å². The molecular formula is C56H35NOS. The Morgan fingerprint density at radius 3 is 1.81 bits per heavy atom. The van der Waals surface area contributed by atoms with Gasteiger partial charge in [-0.2, -0.15) is 0 Å². The minimum absolute atomic E-state index is 0.857. The molecule has 0 spiro atoms. The maximum absolute atomic E-state index is 7.00. The Kier molecular flexibility index (Phi) is 7.75. The van der Waals surface area contributed by atoms with E-state index >= 15 is 0 Å². The smallest absolute Gasteiger partial charge is 0.159 e. The van der Waals surface area contributed by atoms with Crippen molar-refractivity contribution in [2.24, 2.45) is 0 Å². The number of nitrogens with zero attached hydrogens (tertiary/aromatic N) is 1. The van der Waals surface area contributed by atoms with E-state index in [4.69, 9.17) is 4.42 Å². The molecule has 0 amide bonds. The summed E-state index contributed by atoms with van der Waals surface area (Å²) in [5, 5.41) is 9.69. The molecule has 12 rings (SSSR count). The van der Waals surface area contributed by atoms with Crippen molar-refractivity contribution in [3.63, 3.8) is 0 Å². The van der Waals surface area contributed by atoms with E-state index in [0.717, 1.165) is 50.1 Å². The zero-order valence-electron chi connectivity index (χ0n) is 32.0. The van der Waals surface area contributed by atoms with Gasteiger partial charge in [0, 0.05) is 47.9 Å². The number of benzene rings is 10. The van der Waals surface area contributed by atoms with Crippen LogP contribution in [-0.4, -0.2) is 0 Å². The third-order valence-corrected chi connectivity index (χ3v) is 13.1. The van der Waals surface area contributed by atoms with Gasteiger partial charge < -0.3 is 9.32 Å². The fourth-order valence-electron chi connectivity index (χ4n) is 9.04. The topological polar surface area (TPSA) is 16.4 Å². The van der Waals surface area contributed by atoms with Gasteiger partial charge in [0.15, 0.2) is 5.58 Å². The van der Waals surface area contributed by atoms with Gasteiger partial charge in [-0.3, -0.25) is 0 Å². The fourth-order valence-corrected chi connectivity index (χ4v) is 10.3. The molecule has 0 saturated heterocycles. The molecule has 10 aromatic carbocycles. The second-order valence-corrected chi connectivity index (χ2v) is 16.3. The number of furan rings is 1. The lowest BCUT2D eigenvalue weighted by atomic mass is 9.97. The van der Waals surface area contributed by atoms with E-state index in [-0.39, 0.29) is 0 Å². The number of para-hydroxylation sites is 2. The van der Waals surface area contributed by atoms with Gasteiger partial charge in [-0.25, -0.2) is 0 Å². The molecule has 2 heterocycles. The molecule has 12 aromatic rings. The van der Waals surface area contributed by atoms with Crippen LogP contribution in [0.3, 0.4) is 0 Å². The van der Waals surface area contributed by atoms with Crippen LogP contribution in [-0.2, 0) is 0 Å². The Bertz CT molecular complexity index is 3550. The number of hydrogen-bond donors (Lipinski definition) is 0. The van der Waals surface area contributed by atoms with E-state index in [1.54, 1.807) is 0 Å². The second kappa shape index (κ2) is 13.6. The first-order valence-electron chi connectivity index (χ1n) is 20.1. The molecule has 2 aromatic heterocycles. The average molecular weight is 770 g/mol. The van der Waals surface area contributed by atoms with Gasteiger partial charge in [-0.1, -0.05) is 170 Å². The van der Waals surface area contributed by atoms with Crippen molar-refractivity contribution in [3.05, 3.63) is 212 Å². The number of hydrogen-bond acceptors (Lipinski definition) is 3. The summed E-state index contributed by atoms with van der Waals surface area (Å²) in [6, 6.07) is 76.8. The van der Waals surface area contributed by atoms with Gasteiger partial charge >= 0.3 is 0 Å². The van der Waals surface area contributed by atoms with Crippen LogP contribution in [0.15, 0.2) is 217 Å². The molecule has 0 atom stereocenters. The van der Waals surface area contributed by atoms with E-state index in [1.165, 1.54) is 64.0 Å². The van der Waals surface area contributed by atoms with Crippen molar-refractivity contribution in [2.75, 3.05) is 4.90 Å². The molecule has 3 heteroatoms. The number of fused-ring (bicyclic) bond motifs is 8. The summed E-state index contributed by atoms with van der Waals surface area (Å²) in [5.41, 5.74) is 12.0. The molecule has 276 valence electrons. The van der Waals surface area contributed by atoms with Crippen LogP contribution in [0.2, 0.25) is 0 Å². The predicted octanol–water partition coefficient (Wildman–Crippen LogP) is 16.7. The molecule has 0 aliphatic carbocycles. The van der Waals surface area contributed by atoms with E-state index in [0.29, 0.717) is 0 Å². The maximum atomic E-state index is 7.00. The lowest BCUT2D eigenvalue weighted by molar-refractivity contribution is 0.670. The van der Waals surface area contributed by atoms with Crippen LogP contribution >= 0.6 is 11.3 Å². The molecular weight excluding hydrogens is 735 g/mol. The van der Waals surface area contributed by atoms with Crippen LogP contribution < -0.4 is 4.90 Å². The largest absolute Gasteiger partial charge is 0.453 e. The molecule has 0 fully saturated rings. The van der Waals surface area contributed by atoms with Gasteiger partial charge in [-0.15, -0.1) is 11.3 Å². The van der Waals surface area contributed by atoms with Gasteiger partial charge in [0.2, 0.25) is 0 Å². The lowest BCUT2D eigenvalue weighted by Crippen LogP contribution is -2.10. The first kappa shape index (κ1) is 33.7. The second-order valence-electron chi connectivity index (χ2n) is 15.2. The molecule has 59 heavy (non-hydrogen) atoms. The Morgan fingerprint density at radius 1 is 0.339 bits per heavy atom. The van der Waals surface area contributed by atoms with E-state index in [2.05, 4.69) is 217 Å². The van der Waals surface area contributed by atoms with Crippen molar-refractivity contribution >= 4 is 92.1 Å². The molecule has 0 aliphatic heterocycles. The summed E-state index contributed by atoms with van der Waals surface area (Å²) in [5.74, 6) is 0. The Labute approximate surface area is 345 Å². The zero-order valence-corrected chi connectivity index (χ0v) is 32.8. The monoisotopic (exact) mass is 769 g/mol. The van der Waals surface area contributed by atoms with E-state index < -0.39 is 0 Å². The number of anilines is 3. The predicted molar refractivity (Wildman–Crippen MR) is 253 cm³/mol. The average Bonchev–Trinajstić information content (AvgIpc) is 3.89. The lowest BCUT2D eigenvalue weighted by Gasteiger charge is -2.26. The van der Waals surface area contributed by atoms with Crippen LogP contribution in [0.1, 0.15) is 0 Å². The van der Waals surface area contributed by atoms with E-state index in [9.17, 15) is 0 Å². The van der Waals surface area contributed by atoms with Crippen molar-refractivity contribution in [2.45, 2.75) is 0 Å². The maximum Gasteiger partial charge on any atom is 0.159 e. The standard InChI is InChI=1S/C56H35NOS/c1-2-12-37(13-3-1)46-19-9-21-49-50-22-11-24-52(55(50)58-54(46)49)57(42-31-28-38(29-32-42)45-18-8-15-36-14-4-5-16-44(36)45)43-33-30-39-34-41(27-26-40(39)35-43)47-20-10-23-51-48-17-6-7-25-53(48)59-56(47)51/h1-35H. The van der Waals surface area contributed by atoms with Crippen molar-refractivity contribution in [1.29, 1.82) is 0 Å². The summed E-state index contributed by atoms with van der Waals surface area (Å²) in [6.45, 7) is 0. The fraction of sp³-hybridized carbons (Fsp3) is 0. The van der Waals surface area contributed by atoms with Crippen molar-refractivity contribution in [3.8, 4) is 33.4 Å². The van der Waals surface area contributed by atoms with Gasteiger partial charge in [-0.05, 0) is 91.8 Å². The summed E-state index contributed by atoms with van der Waals surface area (Å²) in [7, 11) is 0. The highest BCUT2D eigenvalue weighted by molar-refractivity contribution is 7.26. The first-order chi connectivity index (χ1) is 29.2. The highest BCUT2D eigenvalue weighted by Crippen LogP contribution is 2.46. The number of rotatable bonds is 6. The quantitative estimate of drug-likeness (QED) is 0.167. The van der Waals surface area contributed by atoms with Crippen molar-refractivity contribution in [1.82, 2.24) is 0 Å². The highest BCUT2D eigenvalue weighted by atomic mass is 32.1. The third-order valence-electron chi connectivity index (χ3n) is 11.9. The molecule has 0 aliphatic rings. The Balaban J connectivity index is 1.02. The molecule has 2 nitrogen and oxygen atoms in total. The van der Waals surface area contributed by atoms with Gasteiger partial charge in [0.25, 0.3) is 0 Å². The molecule has 0 N–H and O–H groups in total. The van der Waals surface area contributed by atoms with Gasteiger partial charge in [0.1, 0.15) is 5.58 Å². The SMILES string of the molecule is c1ccc(-c2cccc3c2oc2c(N(c4ccc(-c5cccc6ccccc56)cc4)c4ccc5cc(-c6cccc7c6sc6ccccc67)ccc5c4)cccc23)cc1. The third kappa shape index (κ3) is 5.55. The summed E-state index contributed by atoms with van der Waals surface area (Å²) < 4.78 is 9.65. The molecule has 0 saturated carbocycles. The molecule has 0 unspecified atom stereocenters. The van der Waals surface area contributed by atoms with Crippen LogP contribution in [0.25, 0.3) is 97.0 Å². The normalized spacial score (nSPS) is 11.7. The highest BCUT2D eigenvalue weighted by Gasteiger charge is 2.21.